The van der Waals surface area contributed by atoms with E-state index in [4.69, 9.17) is 25.4 Å². The van der Waals surface area contributed by atoms with E-state index in [0.29, 0.717) is 18.9 Å². The molecule has 3 aromatic rings. The molecule has 23 heavy (non-hydrogen) atoms. The van der Waals surface area contributed by atoms with Gasteiger partial charge in [-0.2, -0.15) is 4.52 Å². The fraction of sp³-hybridized carbons (Fsp3) is 0.357. The van der Waals surface area contributed by atoms with Gasteiger partial charge in [0.1, 0.15) is 0 Å². The van der Waals surface area contributed by atoms with Crippen LogP contribution in [0.2, 0.25) is 0 Å². The summed E-state index contributed by atoms with van der Waals surface area (Å²) in [7, 11) is 0. The van der Waals surface area contributed by atoms with Crippen molar-refractivity contribution >= 4 is 35.1 Å². The first kappa shape index (κ1) is 16.4. The SMILES string of the molecule is CCOP(=S)(OCC)OCc1cc2ccccc2n2nnnc12. The van der Waals surface area contributed by atoms with Gasteiger partial charge in [-0.1, -0.05) is 18.2 Å². The monoisotopic (exact) mass is 352 g/mol. The van der Waals surface area contributed by atoms with Gasteiger partial charge in [0.15, 0.2) is 5.65 Å². The van der Waals surface area contributed by atoms with Gasteiger partial charge >= 0.3 is 6.72 Å². The lowest BCUT2D eigenvalue weighted by molar-refractivity contribution is 0.161. The second-order valence-corrected chi connectivity index (χ2v) is 7.71. The number of hydrogen-bond donors (Lipinski definition) is 0. The molecule has 3 rings (SSSR count). The molecular weight excluding hydrogens is 335 g/mol. The molecule has 0 bridgehead atoms. The fourth-order valence-corrected chi connectivity index (χ4v) is 4.23. The van der Waals surface area contributed by atoms with Crippen molar-refractivity contribution in [3.63, 3.8) is 0 Å². The number of rotatable bonds is 7. The van der Waals surface area contributed by atoms with Crippen LogP contribution in [-0.4, -0.2) is 33.3 Å². The molecule has 9 heteroatoms. The fourth-order valence-electron chi connectivity index (χ4n) is 2.29. The van der Waals surface area contributed by atoms with Crippen molar-refractivity contribution in [2.75, 3.05) is 13.2 Å². The molecule has 0 N–H and O–H groups in total. The quantitative estimate of drug-likeness (QED) is 0.605. The first-order valence-corrected chi connectivity index (χ1v) is 9.85. The molecule has 0 spiro atoms. The summed E-state index contributed by atoms with van der Waals surface area (Å²) in [5, 5.41) is 12.9. The molecule has 0 atom stereocenters. The standard InChI is InChI=1S/C14H17N4O3PS/c1-3-19-22(23,20-4-2)21-10-12-9-11-7-5-6-8-13(11)18-14(12)15-16-17-18/h5-9H,3-4,10H2,1-2H3. The summed E-state index contributed by atoms with van der Waals surface area (Å²) < 4.78 is 18.5. The van der Waals surface area contributed by atoms with Crippen LogP contribution in [0.4, 0.5) is 0 Å². The van der Waals surface area contributed by atoms with Gasteiger partial charge in [0, 0.05) is 10.9 Å². The van der Waals surface area contributed by atoms with Crippen LogP contribution in [0.1, 0.15) is 19.4 Å². The largest absolute Gasteiger partial charge is 0.327 e. The predicted molar refractivity (Wildman–Crippen MR) is 90.6 cm³/mol. The molecule has 0 fully saturated rings. The van der Waals surface area contributed by atoms with E-state index >= 15 is 0 Å². The Kier molecular flexibility index (Phi) is 4.99. The van der Waals surface area contributed by atoms with Gasteiger partial charge in [0.2, 0.25) is 0 Å². The zero-order chi connectivity index (χ0) is 16.3. The van der Waals surface area contributed by atoms with Gasteiger partial charge in [0.05, 0.1) is 25.3 Å². The molecule has 0 unspecified atom stereocenters. The third-order valence-electron chi connectivity index (χ3n) is 3.20. The maximum Gasteiger partial charge on any atom is 0.327 e. The van der Waals surface area contributed by atoms with E-state index < -0.39 is 6.72 Å². The minimum absolute atomic E-state index is 0.228. The van der Waals surface area contributed by atoms with Gasteiger partial charge in [0.25, 0.3) is 0 Å². The lowest BCUT2D eigenvalue weighted by Crippen LogP contribution is -2.02. The Morgan fingerprint density at radius 1 is 1.13 bits per heavy atom. The lowest BCUT2D eigenvalue weighted by atomic mass is 10.1. The predicted octanol–water partition coefficient (Wildman–Crippen LogP) is 3.09. The number of pyridine rings is 1. The summed E-state index contributed by atoms with van der Waals surface area (Å²) in [5.41, 5.74) is 2.41. The number of aromatic nitrogens is 4. The minimum Gasteiger partial charge on any atom is -0.309 e. The van der Waals surface area contributed by atoms with Crippen LogP contribution in [0.15, 0.2) is 30.3 Å². The number of nitrogens with zero attached hydrogens (tertiary/aromatic N) is 4. The molecule has 0 saturated carbocycles. The molecule has 0 aliphatic heterocycles. The maximum atomic E-state index is 5.80. The van der Waals surface area contributed by atoms with Crippen LogP contribution in [0.5, 0.6) is 0 Å². The highest BCUT2D eigenvalue weighted by molar-refractivity contribution is 8.07. The van der Waals surface area contributed by atoms with E-state index in [1.165, 1.54) is 0 Å². The molecule has 122 valence electrons. The summed E-state index contributed by atoms with van der Waals surface area (Å²) >= 11 is 5.38. The Hall–Kier alpha value is -1.44. The highest BCUT2D eigenvalue weighted by Gasteiger charge is 2.21. The molecule has 0 amide bonds. The van der Waals surface area contributed by atoms with E-state index in [-0.39, 0.29) is 6.61 Å². The average Bonchev–Trinajstić information content (AvgIpc) is 3.03. The second-order valence-electron chi connectivity index (χ2n) is 4.70. The van der Waals surface area contributed by atoms with Crippen LogP contribution in [0.3, 0.4) is 0 Å². The normalized spacial score (nSPS) is 12.3. The molecule has 0 radical (unpaired) electrons. The van der Waals surface area contributed by atoms with E-state index in [9.17, 15) is 0 Å². The van der Waals surface area contributed by atoms with Crippen LogP contribution in [-0.2, 0) is 32.0 Å². The third kappa shape index (κ3) is 3.41. The molecule has 1 aromatic carbocycles. The summed E-state index contributed by atoms with van der Waals surface area (Å²) in [6.45, 7) is 2.08. The lowest BCUT2D eigenvalue weighted by Gasteiger charge is -2.20. The van der Waals surface area contributed by atoms with Crippen LogP contribution >= 0.6 is 6.72 Å². The Labute approximate surface area is 138 Å². The number of tetrazole rings is 1. The molecular formula is C14H17N4O3PS. The summed E-state index contributed by atoms with van der Waals surface area (Å²) in [4.78, 5) is 0. The van der Waals surface area contributed by atoms with E-state index in [1.54, 1.807) is 4.52 Å². The molecule has 2 aromatic heterocycles. The number of hydrogen-bond acceptors (Lipinski definition) is 7. The first-order chi connectivity index (χ1) is 11.2. The topological polar surface area (TPSA) is 70.8 Å². The summed E-state index contributed by atoms with van der Waals surface area (Å²) in [5.74, 6) is 0. The van der Waals surface area contributed by atoms with E-state index in [2.05, 4.69) is 15.5 Å². The van der Waals surface area contributed by atoms with Crippen molar-refractivity contribution in [1.82, 2.24) is 20.0 Å². The van der Waals surface area contributed by atoms with Crippen molar-refractivity contribution in [3.8, 4) is 0 Å². The summed E-state index contributed by atoms with van der Waals surface area (Å²) in [6, 6.07) is 9.88. The molecule has 0 saturated heterocycles. The molecule has 7 nitrogen and oxygen atoms in total. The van der Waals surface area contributed by atoms with Gasteiger partial charge in [-0.25, -0.2) is 0 Å². The number of fused-ring (bicyclic) bond motifs is 3. The first-order valence-electron chi connectivity index (χ1n) is 7.29. The number of para-hydroxylation sites is 1. The zero-order valence-electron chi connectivity index (χ0n) is 12.9. The van der Waals surface area contributed by atoms with Crippen molar-refractivity contribution in [1.29, 1.82) is 0 Å². The molecule has 0 aliphatic rings. The summed E-state index contributed by atoms with van der Waals surface area (Å²) in [6.07, 6.45) is 0. The number of benzene rings is 1. The Morgan fingerprint density at radius 2 is 1.87 bits per heavy atom. The third-order valence-corrected chi connectivity index (χ3v) is 5.75. The van der Waals surface area contributed by atoms with E-state index in [1.807, 2.05) is 44.2 Å². The maximum absolute atomic E-state index is 5.80. The van der Waals surface area contributed by atoms with Crippen LogP contribution in [0, 0.1) is 0 Å². The highest BCUT2D eigenvalue weighted by Crippen LogP contribution is 2.50. The van der Waals surface area contributed by atoms with Gasteiger partial charge in [-0.3, -0.25) is 0 Å². The Morgan fingerprint density at radius 3 is 2.61 bits per heavy atom. The van der Waals surface area contributed by atoms with Crippen molar-refractivity contribution in [3.05, 3.63) is 35.9 Å². The van der Waals surface area contributed by atoms with Gasteiger partial charge in [-0.05, 0) is 48.2 Å². The average molecular weight is 352 g/mol. The van der Waals surface area contributed by atoms with Gasteiger partial charge in [-0.15, -0.1) is 5.10 Å². The smallest absolute Gasteiger partial charge is 0.309 e. The van der Waals surface area contributed by atoms with Crippen LogP contribution in [0.25, 0.3) is 16.6 Å². The van der Waals surface area contributed by atoms with Crippen LogP contribution < -0.4 is 0 Å². The van der Waals surface area contributed by atoms with Crippen molar-refractivity contribution in [2.24, 2.45) is 0 Å². The zero-order valence-corrected chi connectivity index (χ0v) is 14.6. The second kappa shape index (κ2) is 6.98. The molecule has 2 heterocycles. The molecule has 0 aliphatic carbocycles. The minimum atomic E-state index is -2.75. The van der Waals surface area contributed by atoms with Crippen molar-refractivity contribution < 1.29 is 13.6 Å². The highest BCUT2D eigenvalue weighted by atomic mass is 32.5. The van der Waals surface area contributed by atoms with E-state index in [0.717, 1.165) is 16.5 Å². The Balaban J connectivity index is 1.95. The van der Waals surface area contributed by atoms with Gasteiger partial charge < -0.3 is 13.6 Å². The van der Waals surface area contributed by atoms with Crippen molar-refractivity contribution in [2.45, 2.75) is 20.5 Å². The Bertz CT molecular complexity index is 859.